The molecule has 0 rings (SSSR count). The predicted molar refractivity (Wildman–Crippen MR) is 106 cm³/mol. The molecule has 0 bridgehead atoms. The zero-order valence-corrected chi connectivity index (χ0v) is 16.9. The predicted octanol–water partition coefficient (Wildman–Crippen LogP) is -1.25. The van der Waals surface area contributed by atoms with Crippen LogP contribution in [-0.2, 0) is 23.9 Å². The second-order valence-electron chi connectivity index (χ2n) is 6.56. The molecule has 0 spiro atoms. The van der Waals surface area contributed by atoms with E-state index >= 15 is 0 Å². The van der Waals surface area contributed by atoms with Crippen molar-refractivity contribution in [2.75, 3.05) is 40.0 Å². The van der Waals surface area contributed by atoms with E-state index in [1.54, 1.807) is 7.11 Å². The summed E-state index contributed by atoms with van der Waals surface area (Å²) in [6.45, 7) is 2.35. The van der Waals surface area contributed by atoms with Crippen molar-refractivity contribution in [3.05, 3.63) is 0 Å². The molecule has 8 N–H and O–H groups in total. The van der Waals surface area contributed by atoms with E-state index in [-0.39, 0.29) is 5.91 Å². The number of nitrogens with two attached hydrogens (primary N) is 3. The summed E-state index contributed by atoms with van der Waals surface area (Å²) >= 11 is 0. The Hall–Kier alpha value is -1.75. The van der Waals surface area contributed by atoms with E-state index in [9.17, 15) is 14.4 Å². The maximum atomic E-state index is 12.1. The van der Waals surface area contributed by atoms with Crippen molar-refractivity contribution in [2.24, 2.45) is 17.2 Å². The lowest BCUT2D eigenvalue weighted by molar-refractivity contribution is -0.128. The summed E-state index contributed by atoms with van der Waals surface area (Å²) < 4.78 is 10.1. The van der Waals surface area contributed by atoms with Gasteiger partial charge >= 0.3 is 0 Å². The zero-order chi connectivity index (χ0) is 21.2. The van der Waals surface area contributed by atoms with Crippen molar-refractivity contribution in [2.45, 2.75) is 57.0 Å². The number of nitrogens with one attached hydrogen (secondary N) is 2. The Bertz CT molecular complexity index is 450. The van der Waals surface area contributed by atoms with Gasteiger partial charge in [0.05, 0.1) is 25.9 Å². The van der Waals surface area contributed by atoms with Gasteiger partial charge in [0.15, 0.2) is 0 Å². The Labute approximate surface area is 167 Å². The molecule has 0 heterocycles. The molecule has 2 atom stereocenters. The lowest BCUT2D eigenvalue weighted by atomic mass is 10.1. The third-order valence-electron chi connectivity index (χ3n) is 4.11. The number of primary amides is 1. The summed E-state index contributed by atoms with van der Waals surface area (Å²) in [6.07, 6.45) is 4.04. The number of ether oxygens (including phenoxy) is 2. The Kier molecular flexibility index (Phi) is 16.3. The van der Waals surface area contributed by atoms with Crippen LogP contribution in [0, 0.1) is 0 Å². The molecule has 10 nitrogen and oxygen atoms in total. The normalized spacial score (nSPS) is 13.0. The molecule has 0 radical (unpaired) electrons. The van der Waals surface area contributed by atoms with Crippen LogP contribution in [0.1, 0.15) is 44.9 Å². The molecule has 0 aromatic heterocycles. The van der Waals surface area contributed by atoms with Crippen molar-refractivity contribution in [1.82, 2.24) is 10.6 Å². The van der Waals surface area contributed by atoms with Crippen LogP contribution in [-0.4, -0.2) is 69.8 Å². The van der Waals surface area contributed by atoms with Gasteiger partial charge in [0.25, 0.3) is 0 Å². The van der Waals surface area contributed by atoms with Crippen LogP contribution >= 0.6 is 0 Å². The summed E-state index contributed by atoms with van der Waals surface area (Å²) in [4.78, 5) is 35.1. The van der Waals surface area contributed by atoms with Crippen LogP contribution in [0.4, 0.5) is 0 Å². The number of methoxy groups -OCH3 is 1. The smallest absolute Gasteiger partial charge is 0.240 e. The van der Waals surface area contributed by atoms with Gasteiger partial charge in [0.1, 0.15) is 6.04 Å². The van der Waals surface area contributed by atoms with Gasteiger partial charge in [-0.25, -0.2) is 0 Å². The molecular formula is C18H37N5O5. The third-order valence-corrected chi connectivity index (χ3v) is 4.11. The molecule has 0 aliphatic carbocycles. The number of amides is 3. The Balaban J connectivity index is 3.86. The average molecular weight is 404 g/mol. The van der Waals surface area contributed by atoms with Crippen molar-refractivity contribution in [1.29, 1.82) is 0 Å². The van der Waals surface area contributed by atoms with Gasteiger partial charge in [0, 0.05) is 20.1 Å². The van der Waals surface area contributed by atoms with Gasteiger partial charge in [-0.1, -0.05) is 0 Å². The third kappa shape index (κ3) is 14.3. The molecular weight excluding hydrogens is 366 g/mol. The lowest BCUT2D eigenvalue weighted by Crippen LogP contribution is -2.50. The molecule has 0 saturated carbocycles. The van der Waals surface area contributed by atoms with Crippen LogP contribution < -0.4 is 27.8 Å². The molecule has 0 aromatic rings. The van der Waals surface area contributed by atoms with Gasteiger partial charge in [-0.3, -0.25) is 14.4 Å². The first kappa shape index (κ1) is 26.2. The van der Waals surface area contributed by atoms with Gasteiger partial charge in [-0.15, -0.1) is 0 Å². The maximum Gasteiger partial charge on any atom is 0.240 e. The summed E-state index contributed by atoms with van der Waals surface area (Å²) in [5.74, 6) is -1.05. The summed E-state index contributed by atoms with van der Waals surface area (Å²) in [5.41, 5.74) is 16.6. The van der Waals surface area contributed by atoms with Gasteiger partial charge in [-0.05, 0) is 45.1 Å². The fourth-order valence-electron chi connectivity index (χ4n) is 2.40. The number of rotatable bonds is 18. The summed E-state index contributed by atoms with van der Waals surface area (Å²) in [6, 6.07) is -1.45. The van der Waals surface area contributed by atoms with Crippen LogP contribution in [0.25, 0.3) is 0 Å². The largest absolute Gasteiger partial charge is 0.382 e. The second kappa shape index (κ2) is 17.4. The highest BCUT2D eigenvalue weighted by molar-refractivity contribution is 5.88. The molecule has 0 fully saturated rings. The van der Waals surface area contributed by atoms with Crippen molar-refractivity contribution < 1.29 is 23.9 Å². The topological polar surface area (TPSA) is 172 Å². The first-order chi connectivity index (χ1) is 13.4. The average Bonchev–Trinajstić information content (AvgIpc) is 2.66. The fourth-order valence-corrected chi connectivity index (χ4v) is 2.40. The maximum absolute atomic E-state index is 12.1. The van der Waals surface area contributed by atoms with Crippen LogP contribution in [0.15, 0.2) is 0 Å². The van der Waals surface area contributed by atoms with E-state index in [2.05, 4.69) is 10.6 Å². The molecule has 28 heavy (non-hydrogen) atoms. The SMILES string of the molecule is COCCOCCC(=O)NCCCCC(N)C(=O)NC(CCCCN)C(N)=O. The molecule has 0 saturated heterocycles. The van der Waals surface area contributed by atoms with Gasteiger partial charge in [0.2, 0.25) is 17.7 Å². The van der Waals surface area contributed by atoms with E-state index in [0.29, 0.717) is 71.4 Å². The van der Waals surface area contributed by atoms with Crippen molar-refractivity contribution in [3.63, 3.8) is 0 Å². The fraction of sp³-hybridized carbons (Fsp3) is 0.833. The summed E-state index contributed by atoms with van der Waals surface area (Å²) in [5, 5.41) is 5.39. The standard InChI is InChI=1S/C18H37N5O5/c1-27-12-13-28-11-8-16(24)22-10-5-3-6-14(20)18(26)23-15(17(21)25)7-2-4-9-19/h14-15H,2-13,19-20H2,1H3,(H2,21,25)(H,22,24)(H,23,26). The molecule has 3 amide bonds. The lowest BCUT2D eigenvalue weighted by Gasteiger charge is -2.18. The molecule has 164 valence electrons. The minimum atomic E-state index is -0.726. The van der Waals surface area contributed by atoms with Crippen LogP contribution in [0.3, 0.4) is 0 Å². The molecule has 10 heteroatoms. The van der Waals surface area contributed by atoms with E-state index in [1.807, 2.05) is 0 Å². The molecule has 0 aromatic carbocycles. The number of hydrogen-bond donors (Lipinski definition) is 5. The zero-order valence-electron chi connectivity index (χ0n) is 16.9. The van der Waals surface area contributed by atoms with E-state index in [4.69, 9.17) is 26.7 Å². The van der Waals surface area contributed by atoms with Crippen LogP contribution in [0.5, 0.6) is 0 Å². The van der Waals surface area contributed by atoms with Gasteiger partial charge < -0.3 is 37.3 Å². The van der Waals surface area contributed by atoms with Crippen molar-refractivity contribution in [3.8, 4) is 0 Å². The van der Waals surface area contributed by atoms with Crippen LogP contribution in [0.2, 0.25) is 0 Å². The monoisotopic (exact) mass is 403 g/mol. The minimum absolute atomic E-state index is 0.0822. The molecule has 0 aliphatic heterocycles. The highest BCUT2D eigenvalue weighted by Crippen LogP contribution is 2.03. The first-order valence-electron chi connectivity index (χ1n) is 9.81. The van der Waals surface area contributed by atoms with E-state index in [0.717, 1.165) is 6.42 Å². The minimum Gasteiger partial charge on any atom is -0.382 e. The van der Waals surface area contributed by atoms with E-state index in [1.165, 1.54) is 0 Å². The summed E-state index contributed by atoms with van der Waals surface area (Å²) in [7, 11) is 1.59. The second-order valence-corrected chi connectivity index (χ2v) is 6.56. The number of unbranched alkanes of at least 4 members (excludes halogenated alkanes) is 2. The highest BCUT2D eigenvalue weighted by Gasteiger charge is 2.21. The number of carbonyl (C=O) groups is 3. The Morgan fingerprint density at radius 2 is 1.71 bits per heavy atom. The van der Waals surface area contributed by atoms with E-state index < -0.39 is 23.9 Å². The number of hydrogen-bond acceptors (Lipinski definition) is 7. The molecule has 2 unspecified atom stereocenters. The molecule has 0 aliphatic rings. The Morgan fingerprint density at radius 1 is 1.00 bits per heavy atom. The van der Waals surface area contributed by atoms with Crippen molar-refractivity contribution >= 4 is 17.7 Å². The highest BCUT2D eigenvalue weighted by atomic mass is 16.5. The Morgan fingerprint density at radius 3 is 2.36 bits per heavy atom. The van der Waals surface area contributed by atoms with Gasteiger partial charge in [-0.2, -0.15) is 0 Å². The number of carbonyl (C=O) groups excluding carboxylic acids is 3. The quantitative estimate of drug-likeness (QED) is 0.178. The first-order valence-corrected chi connectivity index (χ1v) is 9.81.